The Kier molecular flexibility index (Phi) is 6.25. The molecule has 0 aliphatic carbocycles. The quantitative estimate of drug-likeness (QED) is 0.483. The van der Waals surface area contributed by atoms with Gasteiger partial charge in [-0.25, -0.2) is 4.79 Å². The predicted molar refractivity (Wildman–Crippen MR) is 60.7 cm³/mol. The van der Waals surface area contributed by atoms with Crippen LogP contribution in [0.5, 0.6) is 0 Å². The second-order valence-electron chi connectivity index (χ2n) is 4.20. The molecule has 0 aromatic heterocycles. The molecule has 15 heavy (non-hydrogen) atoms. The summed E-state index contributed by atoms with van der Waals surface area (Å²) in [5.41, 5.74) is -0.0951. The molecule has 0 amide bonds. The fraction of sp³-hybridized carbons (Fsp3) is 0.750. The third kappa shape index (κ3) is 7.14. The SMILES string of the molecule is C=CC(=O)OC(C)CCOC(C)(C)CC. The Hall–Kier alpha value is -0.830. The molecule has 0 N–H and O–H groups in total. The number of esters is 1. The Balaban J connectivity index is 3.68. The second-order valence-corrected chi connectivity index (χ2v) is 4.20. The lowest BCUT2D eigenvalue weighted by Gasteiger charge is -2.24. The molecule has 3 heteroatoms. The summed E-state index contributed by atoms with van der Waals surface area (Å²) in [6.45, 7) is 12.0. The average Bonchev–Trinajstić information content (AvgIpc) is 2.17. The summed E-state index contributed by atoms with van der Waals surface area (Å²) in [7, 11) is 0. The van der Waals surface area contributed by atoms with Gasteiger partial charge in [0.05, 0.1) is 12.2 Å². The Morgan fingerprint density at radius 3 is 2.60 bits per heavy atom. The summed E-state index contributed by atoms with van der Waals surface area (Å²) >= 11 is 0. The van der Waals surface area contributed by atoms with Crippen molar-refractivity contribution in [3.63, 3.8) is 0 Å². The number of ether oxygens (including phenoxy) is 2. The number of carbonyl (C=O) groups is 1. The van der Waals surface area contributed by atoms with Crippen molar-refractivity contribution in [3.8, 4) is 0 Å². The van der Waals surface area contributed by atoms with E-state index in [-0.39, 0.29) is 17.7 Å². The topological polar surface area (TPSA) is 35.5 Å². The van der Waals surface area contributed by atoms with Crippen LogP contribution in [0.25, 0.3) is 0 Å². The molecular weight excluding hydrogens is 192 g/mol. The summed E-state index contributed by atoms with van der Waals surface area (Å²) in [5, 5.41) is 0. The van der Waals surface area contributed by atoms with Crippen LogP contribution in [0, 0.1) is 0 Å². The van der Waals surface area contributed by atoms with Crippen molar-refractivity contribution < 1.29 is 14.3 Å². The zero-order chi connectivity index (χ0) is 11.9. The van der Waals surface area contributed by atoms with Crippen LogP contribution in [0.2, 0.25) is 0 Å². The monoisotopic (exact) mass is 214 g/mol. The fourth-order valence-electron chi connectivity index (χ4n) is 0.909. The highest BCUT2D eigenvalue weighted by molar-refractivity contribution is 5.81. The molecule has 1 atom stereocenters. The summed E-state index contributed by atoms with van der Waals surface area (Å²) < 4.78 is 10.7. The van der Waals surface area contributed by atoms with Crippen molar-refractivity contribution in [2.45, 2.75) is 52.2 Å². The summed E-state index contributed by atoms with van der Waals surface area (Å²) in [6.07, 6.45) is 2.73. The molecule has 0 fully saturated rings. The minimum Gasteiger partial charge on any atom is -0.459 e. The maximum Gasteiger partial charge on any atom is 0.330 e. The normalized spacial score (nSPS) is 13.3. The van der Waals surface area contributed by atoms with Crippen LogP contribution in [-0.4, -0.2) is 24.3 Å². The van der Waals surface area contributed by atoms with Crippen molar-refractivity contribution in [1.29, 1.82) is 0 Å². The van der Waals surface area contributed by atoms with Gasteiger partial charge in [0, 0.05) is 12.5 Å². The summed E-state index contributed by atoms with van der Waals surface area (Å²) in [4.78, 5) is 10.9. The number of carbonyl (C=O) groups excluding carboxylic acids is 1. The van der Waals surface area contributed by atoms with Crippen LogP contribution in [0.15, 0.2) is 12.7 Å². The van der Waals surface area contributed by atoms with E-state index in [4.69, 9.17) is 9.47 Å². The minimum atomic E-state index is -0.378. The Labute approximate surface area is 92.5 Å². The van der Waals surface area contributed by atoms with Gasteiger partial charge < -0.3 is 9.47 Å². The van der Waals surface area contributed by atoms with Gasteiger partial charge in [0.1, 0.15) is 6.10 Å². The van der Waals surface area contributed by atoms with E-state index in [2.05, 4.69) is 13.5 Å². The van der Waals surface area contributed by atoms with Gasteiger partial charge in [-0.15, -0.1) is 0 Å². The molecule has 1 unspecified atom stereocenters. The lowest BCUT2D eigenvalue weighted by atomic mass is 10.1. The van der Waals surface area contributed by atoms with Crippen LogP contribution in [0.1, 0.15) is 40.5 Å². The predicted octanol–water partition coefficient (Wildman–Crippen LogP) is 2.70. The maximum absolute atomic E-state index is 10.9. The first-order chi connectivity index (χ1) is 6.91. The number of hydrogen-bond acceptors (Lipinski definition) is 3. The highest BCUT2D eigenvalue weighted by Gasteiger charge is 2.16. The molecular formula is C12H22O3. The van der Waals surface area contributed by atoms with E-state index in [0.717, 1.165) is 6.42 Å². The minimum absolute atomic E-state index is 0.0951. The molecule has 0 spiro atoms. The van der Waals surface area contributed by atoms with E-state index in [9.17, 15) is 4.79 Å². The first kappa shape index (κ1) is 14.2. The van der Waals surface area contributed by atoms with E-state index in [1.807, 2.05) is 20.8 Å². The Morgan fingerprint density at radius 1 is 1.53 bits per heavy atom. The van der Waals surface area contributed by atoms with Crippen molar-refractivity contribution in [3.05, 3.63) is 12.7 Å². The van der Waals surface area contributed by atoms with Gasteiger partial charge in [0.15, 0.2) is 0 Å². The van der Waals surface area contributed by atoms with Gasteiger partial charge in [-0.05, 0) is 27.2 Å². The van der Waals surface area contributed by atoms with Crippen LogP contribution in [-0.2, 0) is 14.3 Å². The molecule has 0 aliphatic rings. The fourth-order valence-corrected chi connectivity index (χ4v) is 0.909. The van der Waals surface area contributed by atoms with Gasteiger partial charge in [-0.3, -0.25) is 0 Å². The zero-order valence-electron chi connectivity index (χ0n) is 10.2. The van der Waals surface area contributed by atoms with Crippen LogP contribution in [0.4, 0.5) is 0 Å². The van der Waals surface area contributed by atoms with Crippen molar-refractivity contribution in [2.24, 2.45) is 0 Å². The average molecular weight is 214 g/mol. The molecule has 0 aliphatic heterocycles. The Morgan fingerprint density at radius 2 is 2.13 bits per heavy atom. The van der Waals surface area contributed by atoms with Gasteiger partial charge in [-0.2, -0.15) is 0 Å². The highest BCUT2D eigenvalue weighted by Crippen LogP contribution is 2.14. The standard InChI is InChI=1S/C12H22O3/c1-6-11(13)15-10(3)8-9-14-12(4,5)7-2/h6,10H,1,7-9H2,2-5H3. The van der Waals surface area contributed by atoms with Gasteiger partial charge >= 0.3 is 5.97 Å². The van der Waals surface area contributed by atoms with E-state index >= 15 is 0 Å². The van der Waals surface area contributed by atoms with Gasteiger partial charge in [0.25, 0.3) is 0 Å². The third-order valence-corrected chi connectivity index (χ3v) is 2.35. The molecule has 0 saturated carbocycles. The van der Waals surface area contributed by atoms with Crippen molar-refractivity contribution in [1.82, 2.24) is 0 Å². The number of rotatable bonds is 7. The van der Waals surface area contributed by atoms with E-state index in [1.165, 1.54) is 6.08 Å². The zero-order valence-corrected chi connectivity index (χ0v) is 10.2. The van der Waals surface area contributed by atoms with Crippen LogP contribution >= 0.6 is 0 Å². The second kappa shape index (κ2) is 6.62. The van der Waals surface area contributed by atoms with E-state index in [0.29, 0.717) is 13.0 Å². The first-order valence-electron chi connectivity index (χ1n) is 5.38. The first-order valence-corrected chi connectivity index (χ1v) is 5.38. The lowest BCUT2D eigenvalue weighted by Crippen LogP contribution is -2.25. The summed E-state index contributed by atoms with van der Waals surface area (Å²) in [5.74, 6) is -0.378. The molecule has 0 heterocycles. The molecule has 0 radical (unpaired) electrons. The molecule has 0 saturated heterocycles. The van der Waals surface area contributed by atoms with E-state index < -0.39 is 0 Å². The Bertz CT molecular complexity index is 209. The molecule has 88 valence electrons. The summed E-state index contributed by atoms with van der Waals surface area (Å²) in [6, 6.07) is 0. The highest BCUT2D eigenvalue weighted by atomic mass is 16.5. The maximum atomic E-state index is 10.9. The molecule has 0 bridgehead atoms. The van der Waals surface area contributed by atoms with Crippen LogP contribution < -0.4 is 0 Å². The molecule has 3 nitrogen and oxygen atoms in total. The van der Waals surface area contributed by atoms with Crippen molar-refractivity contribution >= 4 is 5.97 Å². The molecule has 0 rings (SSSR count). The van der Waals surface area contributed by atoms with Crippen LogP contribution in [0.3, 0.4) is 0 Å². The third-order valence-electron chi connectivity index (χ3n) is 2.35. The number of hydrogen-bond donors (Lipinski definition) is 0. The van der Waals surface area contributed by atoms with Gasteiger partial charge in [-0.1, -0.05) is 13.5 Å². The largest absolute Gasteiger partial charge is 0.459 e. The molecule has 0 aromatic carbocycles. The lowest BCUT2D eigenvalue weighted by molar-refractivity contribution is -0.143. The van der Waals surface area contributed by atoms with Gasteiger partial charge in [0.2, 0.25) is 0 Å². The van der Waals surface area contributed by atoms with Crippen molar-refractivity contribution in [2.75, 3.05) is 6.61 Å². The van der Waals surface area contributed by atoms with E-state index in [1.54, 1.807) is 0 Å². The smallest absolute Gasteiger partial charge is 0.330 e. The molecule has 0 aromatic rings.